The first kappa shape index (κ1) is 13.6. The molecule has 1 heterocycles. The highest BCUT2D eigenvalue weighted by Gasteiger charge is 2.41. The average Bonchev–Trinajstić information content (AvgIpc) is 2.60. The zero-order chi connectivity index (χ0) is 13.4. The molecule has 1 unspecified atom stereocenters. The molecule has 0 amide bonds. The molecule has 3 N–H and O–H groups in total. The molecule has 0 spiro atoms. The largest absolute Gasteiger partial charge is 0.377 e. The van der Waals surface area contributed by atoms with Gasteiger partial charge in [-0.1, -0.05) is 17.7 Å². The molecule has 0 aliphatic carbocycles. The fourth-order valence-corrected chi connectivity index (χ4v) is 4.41. The van der Waals surface area contributed by atoms with E-state index in [9.17, 15) is 8.42 Å². The number of nitrogens with one attached hydrogen (secondary N) is 1. The van der Waals surface area contributed by atoms with E-state index in [1.165, 1.54) is 0 Å². The van der Waals surface area contributed by atoms with Crippen molar-refractivity contribution in [1.29, 1.82) is 0 Å². The first-order valence-electron chi connectivity index (χ1n) is 5.81. The minimum absolute atomic E-state index is 0.0853. The van der Waals surface area contributed by atoms with Crippen LogP contribution in [-0.4, -0.2) is 32.0 Å². The monoisotopic (exact) mass is 288 g/mol. The zero-order valence-corrected chi connectivity index (χ0v) is 11.8. The normalized spacial score (nSPS) is 26.2. The molecule has 100 valence electrons. The van der Waals surface area contributed by atoms with Crippen LogP contribution >= 0.6 is 11.6 Å². The first-order valence-corrected chi connectivity index (χ1v) is 8.01. The van der Waals surface area contributed by atoms with Crippen LogP contribution in [0.15, 0.2) is 18.2 Å². The summed E-state index contributed by atoms with van der Waals surface area (Å²) in [7, 11) is -2.98. The van der Waals surface area contributed by atoms with Crippen molar-refractivity contribution in [3.63, 3.8) is 0 Å². The molecule has 1 aromatic rings. The minimum atomic E-state index is -2.98. The van der Waals surface area contributed by atoms with Crippen molar-refractivity contribution in [2.75, 3.05) is 23.4 Å². The smallest absolute Gasteiger partial charge is 0.152 e. The molecule has 1 saturated heterocycles. The predicted octanol–water partition coefficient (Wildman–Crippen LogP) is 1.58. The maximum atomic E-state index is 11.6. The van der Waals surface area contributed by atoms with Crippen LogP contribution in [-0.2, 0) is 9.84 Å². The molecular formula is C12H17ClN2O2S. The number of halogens is 1. The molecule has 1 aliphatic rings. The number of sulfone groups is 1. The lowest BCUT2D eigenvalue weighted by molar-refractivity contribution is 0.534. The van der Waals surface area contributed by atoms with Crippen LogP contribution < -0.4 is 11.1 Å². The summed E-state index contributed by atoms with van der Waals surface area (Å²) in [4.78, 5) is 0. The number of rotatable bonds is 3. The van der Waals surface area contributed by atoms with Gasteiger partial charge in [0.05, 0.1) is 17.0 Å². The van der Waals surface area contributed by atoms with E-state index in [1.807, 2.05) is 19.1 Å². The lowest BCUT2D eigenvalue weighted by atomic mass is 9.98. The molecule has 0 radical (unpaired) electrons. The molecule has 0 saturated carbocycles. The fourth-order valence-electron chi connectivity index (χ4n) is 2.20. The Kier molecular flexibility index (Phi) is 3.58. The molecule has 6 heteroatoms. The van der Waals surface area contributed by atoms with Gasteiger partial charge in [0.2, 0.25) is 0 Å². The van der Waals surface area contributed by atoms with Crippen LogP contribution in [0.5, 0.6) is 0 Å². The Morgan fingerprint density at radius 1 is 1.50 bits per heavy atom. The fraction of sp³-hybridized carbons (Fsp3) is 0.500. The number of anilines is 1. The van der Waals surface area contributed by atoms with E-state index in [-0.39, 0.29) is 18.1 Å². The molecule has 1 atom stereocenters. The van der Waals surface area contributed by atoms with Gasteiger partial charge in [0.25, 0.3) is 0 Å². The molecule has 0 aromatic heterocycles. The number of hydrogen-bond donors (Lipinski definition) is 2. The van der Waals surface area contributed by atoms with Crippen LogP contribution in [0.2, 0.25) is 5.02 Å². The van der Waals surface area contributed by atoms with E-state index in [0.29, 0.717) is 11.4 Å². The summed E-state index contributed by atoms with van der Waals surface area (Å²) in [6.45, 7) is 2.21. The number of benzene rings is 1. The average molecular weight is 289 g/mol. The quantitative estimate of drug-likeness (QED) is 0.886. The standard InChI is InChI=1S/C12H17ClN2O2S/c1-9-2-3-10(6-11(9)13)15-12(7-14)4-5-18(16,17)8-12/h2-3,6,15H,4-5,7-8,14H2,1H3. The number of hydrogen-bond acceptors (Lipinski definition) is 4. The Morgan fingerprint density at radius 2 is 2.22 bits per heavy atom. The predicted molar refractivity (Wildman–Crippen MR) is 74.9 cm³/mol. The van der Waals surface area contributed by atoms with Gasteiger partial charge in [0.1, 0.15) is 0 Å². The van der Waals surface area contributed by atoms with E-state index in [1.54, 1.807) is 6.07 Å². The van der Waals surface area contributed by atoms with Gasteiger partial charge in [-0.15, -0.1) is 0 Å². The highest BCUT2D eigenvalue weighted by atomic mass is 35.5. The van der Waals surface area contributed by atoms with Crippen molar-refractivity contribution in [2.45, 2.75) is 18.9 Å². The summed E-state index contributed by atoms with van der Waals surface area (Å²) in [5.41, 5.74) is 6.99. The maximum absolute atomic E-state index is 11.6. The molecule has 1 aliphatic heterocycles. The molecule has 18 heavy (non-hydrogen) atoms. The van der Waals surface area contributed by atoms with Crippen LogP contribution in [0.25, 0.3) is 0 Å². The van der Waals surface area contributed by atoms with Crippen molar-refractivity contribution < 1.29 is 8.42 Å². The van der Waals surface area contributed by atoms with Gasteiger partial charge in [-0.05, 0) is 31.0 Å². The van der Waals surface area contributed by atoms with Crippen molar-refractivity contribution in [2.24, 2.45) is 5.73 Å². The Balaban J connectivity index is 2.23. The SMILES string of the molecule is Cc1ccc(NC2(CN)CCS(=O)(=O)C2)cc1Cl. The lowest BCUT2D eigenvalue weighted by Gasteiger charge is -2.28. The molecular weight excluding hydrogens is 272 g/mol. The van der Waals surface area contributed by atoms with Gasteiger partial charge in [-0.3, -0.25) is 0 Å². The van der Waals surface area contributed by atoms with Gasteiger partial charge in [-0.2, -0.15) is 0 Å². The Hall–Kier alpha value is -0.780. The van der Waals surface area contributed by atoms with E-state index in [0.717, 1.165) is 11.3 Å². The van der Waals surface area contributed by atoms with Crippen LogP contribution in [0.4, 0.5) is 5.69 Å². The van der Waals surface area contributed by atoms with Crippen molar-refractivity contribution >= 4 is 27.1 Å². The summed E-state index contributed by atoms with van der Waals surface area (Å²) in [6, 6.07) is 5.60. The summed E-state index contributed by atoms with van der Waals surface area (Å²) in [5, 5.41) is 3.90. The number of aryl methyl sites for hydroxylation is 1. The summed E-state index contributed by atoms with van der Waals surface area (Å²) < 4.78 is 23.2. The van der Waals surface area contributed by atoms with Crippen molar-refractivity contribution in [3.05, 3.63) is 28.8 Å². The van der Waals surface area contributed by atoms with Gasteiger partial charge in [-0.25, -0.2) is 8.42 Å². The van der Waals surface area contributed by atoms with Crippen LogP contribution in [0, 0.1) is 6.92 Å². The summed E-state index contributed by atoms with van der Waals surface area (Å²) in [5.74, 6) is 0.277. The molecule has 1 fully saturated rings. The maximum Gasteiger partial charge on any atom is 0.152 e. The third-order valence-electron chi connectivity index (χ3n) is 3.36. The molecule has 1 aromatic carbocycles. The van der Waals surface area contributed by atoms with Gasteiger partial charge >= 0.3 is 0 Å². The highest BCUT2D eigenvalue weighted by Crippen LogP contribution is 2.29. The molecule has 2 rings (SSSR count). The summed E-state index contributed by atoms with van der Waals surface area (Å²) >= 11 is 6.05. The van der Waals surface area contributed by atoms with Crippen LogP contribution in [0.3, 0.4) is 0 Å². The zero-order valence-electron chi connectivity index (χ0n) is 10.2. The van der Waals surface area contributed by atoms with E-state index in [2.05, 4.69) is 5.32 Å². The third-order valence-corrected chi connectivity index (χ3v) is 5.59. The molecule has 4 nitrogen and oxygen atoms in total. The van der Waals surface area contributed by atoms with Crippen molar-refractivity contribution in [3.8, 4) is 0 Å². The van der Waals surface area contributed by atoms with Gasteiger partial charge in [0, 0.05) is 17.3 Å². The third kappa shape index (κ3) is 2.79. The summed E-state index contributed by atoms with van der Waals surface area (Å²) in [6.07, 6.45) is 0.539. The van der Waals surface area contributed by atoms with E-state index < -0.39 is 15.4 Å². The Labute approximate surface area is 112 Å². The minimum Gasteiger partial charge on any atom is -0.377 e. The van der Waals surface area contributed by atoms with Crippen molar-refractivity contribution in [1.82, 2.24) is 0 Å². The van der Waals surface area contributed by atoms with E-state index >= 15 is 0 Å². The lowest BCUT2D eigenvalue weighted by Crippen LogP contribution is -2.46. The topological polar surface area (TPSA) is 72.2 Å². The van der Waals surface area contributed by atoms with Gasteiger partial charge < -0.3 is 11.1 Å². The Bertz CT molecular complexity index is 559. The van der Waals surface area contributed by atoms with E-state index in [4.69, 9.17) is 17.3 Å². The second-order valence-corrected chi connectivity index (χ2v) is 7.51. The van der Waals surface area contributed by atoms with Gasteiger partial charge in [0.15, 0.2) is 9.84 Å². The first-order chi connectivity index (χ1) is 8.36. The second kappa shape index (κ2) is 4.72. The second-order valence-electron chi connectivity index (χ2n) is 4.92. The molecule has 0 bridgehead atoms. The van der Waals surface area contributed by atoms with Crippen LogP contribution in [0.1, 0.15) is 12.0 Å². The Morgan fingerprint density at radius 3 is 2.72 bits per heavy atom. The number of nitrogens with two attached hydrogens (primary N) is 1. The highest BCUT2D eigenvalue weighted by molar-refractivity contribution is 7.91.